The molecule has 0 fully saturated rings. The predicted molar refractivity (Wildman–Crippen MR) is 89.6 cm³/mol. The molecule has 0 saturated carbocycles. The second kappa shape index (κ2) is 5.56. The van der Waals surface area contributed by atoms with Crippen molar-refractivity contribution >= 4 is 13.3 Å². The second-order valence-electron chi connectivity index (χ2n) is 6.61. The molecule has 0 radical (unpaired) electrons. The first-order valence-corrected chi connectivity index (χ1v) is 10.9. The molecule has 2 rings (SSSR count). The fourth-order valence-electron chi connectivity index (χ4n) is 2.68. The zero-order chi connectivity index (χ0) is 14.9. The Labute approximate surface area is 123 Å². The minimum Gasteiger partial charge on any atom is -0.265 e. The van der Waals surface area contributed by atoms with Crippen LogP contribution in [0.4, 0.5) is 0 Å². The normalized spacial score (nSPS) is 11.9. The molecule has 0 unspecified atom stereocenters. The van der Waals surface area contributed by atoms with Gasteiger partial charge in [-0.3, -0.25) is 4.68 Å². The van der Waals surface area contributed by atoms with E-state index in [9.17, 15) is 0 Å². The third kappa shape index (κ3) is 3.03. The molecule has 1 heterocycles. The third-order valence-corrected chi connectivity index (χ3v) is 6.10. The monoisotopic (exact) mass is 286 g/mol. The molecule has 20 heavy (non-hydrogen) atoms. The second-order valence-corrected chi connectivity index (χ2v) is 11.7. The molecule has 0 bridgehead atoms. The molecule has 0 saturated heterocycles. The molecule has 108 valence electrons. The number of hydrogen-bond acceptors (Lipinski definition) is 1. The smallest absolute Gasteiger partial charge is 0.0775 e. The van der Waals surface area contributed by atoms with Gasteiger partial charge in [-0.25, -0.2) is 0 Å². The third-order valence-electron chi connectivity index (χ3n) is 4.04. The Bertz CT molecular complexity index is 589. The molecule has 0 aliphatic heterocycles. The molecule has 0 amide bonds. The summed E-state index contributed by atoms with van der Waals surface area (Å²) in [5.74, 6) is 0. The molecule has 1 aromatic heterocycles. The van der Waals surface area contributed by atoms with Crippen LogP contribution in [0.2, 0.25) is 19.6 Å². The molecule has 3 heteroatoms. The fourth-order valence-corrected chi connectivity index (χ4v) is 3.85. The Morgan fingerprint density at radius 2 is 1.65 bits per heavy atom. The molecule has 0 aliphatic carbocycles. The van der Waals surface area contributed by atoms with Gasteiger partial charge in [0.2, 0.25) is 0 Å². The first-order chi connectivity index (χ1) is 9.32. The van der Waals surface area contributed by atoms with E-state index in [1.54, 1.807) is 0 Å². The molecule has 2 aromatic rings. The van der Waals surface area contributed by atoms with Crippen LogP contribution in [0.15, 0.2) is 24.3 Å². The van der Waals surface area contributed by atoms with Crippen LogP contribution in [0.3, 0.4) is 0 Å². The Morgan fingerprint density at radius 3 is 2.10 bits per heavy atom. The number of aromatic nitrogens is 2. The van der Waals surface area contributed by atoms with Gasteiger partial charge in [-0.15, -0.1) is 0 Å². The Morgan fingerprint density at radius 1 is 1.05 bits per heavy atom. The van der Waals surface area contributed by atoms with Crippen molar-refractivity contribution in [2.24, 2.45) is 0 Å². The van der Waals surface area contributed by atoms with Crippen LogP contribution in [0.25, 0.3) is 0 Å². The minimum absolute atomic E-state index is 0.874. The lowest BCUT2D eigenvalue weighted by atomic mass is 10.1. The minimum atomic E-state index is -1.19. The van der Waals surface area contributed by atoms with Gasteiger partial charge in [0, 0.05) is 5.69 Å². The number of hydrogen-bond donors (Lipinski definition) is 0. The predicted octanol–water partition coefficient (Wildman–Crippen LogP) is 3.66. The molecule has 0 N–H and O–H groups in total. The summed E-state index contributed by atoms with van der Waals surface area (Å²) >= 11 is 0. The average molecular weight is 286 g/mol. The Kier molecular flexibility index (Phi) is 4.19. The molecule has 1 aromatic carbocycles. The first-order valence-electron chi connectivity index (χ1n) is 7.45. The SMILES string of the molecule is CCc1c(C)nn(Cc2ccc([Si](C)(C)C)cc2)c1C. The lowest BCUT2D eigenvalue weighted by Gasteiger charge is -2.17. The zero-order valence-corrected chi connectivity index (χ0v) is 14.6. The van der Waals surface area contributed by atoms with E-state index in [1.807, 2.05) is 0 Å². The molecule has 0 aliphatic rings. The fraction of sp³-hybridized carbons (Fsp3) is 0.471. The maximum atomic E-state index is 4.67. The highest BCUT2D eigenvalue weighted by atomic mass is 28.3. The van der Waals surface area contributed by atoms with E-state index in [0.29, 0.717) is 0 Å². The van der Waals surface area contributed by atoms with Crippen molar-refractivity contribution < 1.29 is 0 Å². The highest BCUT2D eigenvalue weighted by Crippen LogP contribution is 2.15. The summed E-state index contributed by atoms with van der Waals surface area (Å²) in [4.78, 5) is 0. The summed E-state index contributed by atoms with van der Waals surface area (Å²) in [5.41, 5.74) is 5.20. The number of benzene rings is 1. The molecule has 2 nitrogen and oxygen atoms in total. The van der Waals surface area contributed by atoms with Gasteiger partial charge in [-0.05, 0) is 31.4 Å². The van der Waals surface area contributed by atoms with Gasteiger partial charge >= 0.3 is 0 Å². The van der Waals surface area contributed by atoms with Crippen LogP contribution in [-0.2, 0) is 13.0 Å². The van der Waals surface area contributed by atoms with E-state index in [4.69, 9.17) is 0 Å². The van der Waals surface area contributed by atoms with Gasteiger partial charge in [-0.2, -0.15) is 5.10 Å². The van der Waals surface area contributed by atoms with Gasteiger partial charge in [0.05, 0.1) is 20.3 Å². The number of nitrogens with zero attached hydrogens (tertiary/aromatic N) is 2. The molecular formula is C17H26N2Si. The highest BCUT2D eigenvalue weighted by Gasteiger charge is 2.16. The van der Waals surface area contributed by atoms with Crippen LogP contribution < -0.4 is 5.19 Å². The van der Waals surface area contributed by atoms with Crippen molar-refractivity contribution in [3.8, 4) is 0 Å². The van der Waals surface area contributed by atoms with E-state index in [2.05, 4.69) is 74.5 Å². The molecule has 0 spiro atoms. The van der Waals surface area contributed by atoms with E-state index in [0.717, 1.165) is 13.0 Å². The maximum Gasteiger partial charge on any atom is 0.0775 e. The Balaban J connectivity index is 2.23. The lowest BCUT2D eigenvalue weighted by Crippen LogP contribution is -2.37. The van der Waals surface area contributed by atoms with E-state index < -0.39 is 8.07 Å². The summed E-state index contributed by atoms with van der Waals surface area (Å²) in [6.45, 7) is 14.5. The van der Waals surface area contributed by atoms with Crippen LogP contribution >= 0.6 is 0 Å². The van der Waals surface area contributed by atoms with Crippen LogP contribution in [0.5, 0.6) is 0 Å². The van der Waals surface area contributed by atoms with E-state index in [1.165, 1.54) is 27.7 Å². The largest absolute Gasteiger partial charge is 0.265 e. The van der Waals surface area contributed by atoms with Gasteiger partial charge in [0.15, 0.2) is 0 Å². The van der Waals surface area contributed by atoms with Crippen molar-refractivity contribution in [2.75, 3.05) is 0 Å². The summed E-state index contributed by atoms with van der Waals surface area (Å²) in [5, 5.41) is 6.19. The van der Waals surface area contributed by atoms with Crippen molar-refractivity contribution in [3.05, 3.63) is 46.8 Å². The maximum absolute atomic E-state index is 4.67. The summed E-state index contributed by atoms with van der Waals surface area (Å²) in [6, 6.07) is 9.12. The highest BCUT2D eigenvalue weighted by molar-refractivity contribution is 6.88. The van der Waals surface area contributed by atoms with Crippen LogP contribution in [0, 0.1) is 13.8 Å². The average Bonchev–Trinajstić information content (AvgIpc) is 2.63. The summed E-state index contributed by atoms with van der Waals surface area (Å²) in [6.07, 6.45) is 1.06. The number of aryl methyl sites for hydroxylation is 1. The standard InChI is InChI=1S/C17H26N2Si/c1-7-17-13(2)18-19(14(17)3)12-15-8-10-16(11-9-15)20(4,5)6/h8-11H,7,12H2,1-6H3. The Hall–Kier alpha value is -1.35. The summed E-state index contributed by atoms with van der Waals surface area (Å²) < 4.78 is 2.14. The number of rotatable bonds is 4. The van der Waals surface area contributed by atoms with Crippen LogP contribution in [0.1, 0.15) is 29.4 Å². The van der Waals surface area contributed by atoms with Crippen molar-refractivity contribution in [1.82, 2.24) is 9.78 Å². The quantitative estimate of drug-likeness (QED) is 0.784. The molecular weight excluding hydrogens is 260 g/mol. The van der Waals surface area contributed by atoms with Gasteiger partial charge in [-0.1, -0.05) is 56.0 Å². The molecule has 0 atom stereocenters. The first kappa shape index (κ1) is 15.0. The van der Waals surface area contributed by atoms with Crippen molar-refractivity contribution in [3.63, 3.8) is 0 Å². The van der Waals surface area contributed by atoms with Gasteiger partial charge in [0.25, 0.3) is 0 Å². The van der Waals surface area contributed by atoms with Crippen molar-refractivity contribution in [1.29, 1.82) is 0 Å². The van der Waals surface area contributed by atoms with Crippen molar-refractivity contribution in [2.45, 2.75) is 53.4 Å². The lowest BCUT2D eigenvalue weighted by molar-refractivity contribution is 0.658. The van der Waals surface area contributed by atoms with Gasteiger partial charge in [0.1, 0.15) is 0 Å². The van der Waals surface area contributed by atoms with Crippen LogP contribution in [-0.4, -0.2) is 17.9 Å². The van der Waals surface area contributed by atoms with E-state index >= 15 is 0 Å². The van der Waals surface area contributed by atoms with Gasteiger partial charge < -0.3 is 0 Å². The summed E-state index contributed by atoms with van der Waals surface area (Å²) in [7, 11) is -1.19. The zero-order valence-electron chi connectivity index (χ0n) is 13.6. The topological polar surface area (TPSA) is 17.8 Å². The van der Waals surface area contributed by atoms with E-state index in [-0.39, 0.29) is 0 Å².